The first-order valence-corrected chi connectivity index (χ1v) is 11.0. The molecule has 1 aliphatic rings. The number of carbonyl (C=O) groups excluding carboxylic acids is 1. The van der Waals surface area contributed by atoms with Crippen molar-refractivity contribution in [2.24, 2.45) is 13.0 Å². The molecule has 2 atom stereocenters. The minimum Gasteiger partial charge on any atom is -0.352 e. The summed E-state index contributed by atoms with van der Waals surface area (Å²) in [6, 6.07) is 0.862. The van der Waals surface area contributed by atoms with Gasteiger partial charge in [-0.3, -0.25) is 4.79 Å². The van der Waals surface area contributed by atoms with Gasteiger partial charge < -0.3 is 14.8 Å². The minimum atomic E-state index is -4.59. The Morgan fingerprint density at radius 1 is 1.17 bits per heavy atom. The third-order valence-electron chi connectivity index (χ3n) is 6.09. The maximum absolute atomic E-state index is 14.6. The number of amides is 1. The van der Waals surface area contributed by atoms with Crippen LogP contribution in [0.3, 0.4) is 0 Å². The van der Waals surface area contributed by atoms with Crippen LogP contribution in [0, 0.1) is 12.8 Å². The standard InChI is InChI=1S/C22H23F5N8O/c1-12-7-21(23,24)11-35(15(12)10-32-20-30-8-14(9-31-20)22(25,26)27)19(36)16-17(34(3)13(2)33-16)18-28-5-4-6-29-18/h4-6,8-9,12,15H,7,10-11H2,1-3H3,(H,30,31,32)/t12-,15-/m1/s1. The summed E-state index contributed by atoms with van der Waals surface area (Å²) in [5, 5.41) is 2.77. The number of hydrogen-bond donors (Lipinski definition) is 1. The van der Waals surface area contributed by atoms with E-state index in [0.717, 1.165) is 4.90 Å². The fraction of sp³-hybridized carbons (Fsp3) is 0.455. The van der Waals surface area contributed by atoms with E-state index in [2.05, 4.69) is 30.2 Å². The summed E-state index contributed by atoms with van der Waals surface area (Å²) >= 11 is 0. The molecule has 3 aromatic heterocycles. The van der Waals surface area contributed by atoms with Gasteiger partial charge in [-0.15, -0.1) is 0 Å². The van der Waals surface area contributed by atoms with Crippen molar-refractivity contribution in [3.63, 3.8) is 0 Å². The number of aryl methyl sites for hydroxylation is 1. The van der Waals surface area contributed by atoms with E-state index in [1.807, 2.05) is 0 Å². The Bertz CT molecular complexity index is 1230. The molecule has 9 nitrogen and oxygen atoms in total. The van der Waals surface area contributed by atoms with Crippen molar-refractivity contribution in [3.05, 3.63) is 47.9 Å². The zero-order chi connectivity index (χ0) is 26.3. The van der Waals surface area contributed by atoms with E-state index in [1.165, 1.54) is 12.4 Å². The first-order valence-electron chi connectivity index (χ1n) is 11.0. The normalized spacial score (nSPS) is 19.8. The smallest absolute Gasteiger partial charge is 0.352 e. The van der Waals surface area contributed by atoms with Gasteiger partial charge in [-0.2, -0.15) is 13.2 Å². The van der Waals surface area contributed by atoms with Crippen LogP contribution in [0.4, 0.5) is 27.9 Å². The first-order chi connectivity index (χ1) is 16.9. The van der Waals surface area contributed by atoms with Crippen molar-refractivity contribution in [1.82, 2.24) is 34.4 Å². The molecule has 1 fully saturated rings. The van der Waals surface area contributed by atoms with Crippen molar-refractivity contribution < 1.29 is 26.7 Å². The van der Waals surface area contributed by atoms with Crippen LogP contribution in [0.15, 0.2) is 30.9 Å². The highest BCUT2D eigenvalue weighted by atomic mass is 19.4. The van der Waals surface area contributed by atoms with Crippen LogP contribution in [0.5, 0.6) is 0 Å². The van der Waals surface area contributed by atoms with Crippen molar-refractivity contribution in [2.75, 3.05) is 18.4 Å². The van der Waals surface area contributed by atoms with Gasteiger partial charge in [-0.05, 0) is 18.9 Å². The fourth-order valence-electron chi connectivity index (χ4n) is 4.21. The third kappa shape index (κ3) is 5.11. The van der Waals surface area contributed by atoms with E-state index >= 15 is 0 Å². The summed E-state index contributed by atoms with van der Waals surface area (Å²) in [4.78, 5) is 34.7. The van der Waals surface area contributed by atoms with Crippen LogP contribution in [0.2, 0.25) is 0 Å². The predicted octanol–water partition coefficient (Wildman–Crippen LogP) is 3.59. The van der Waals surface area contributed by atoms with Crippen LogP contribution in [-0.2, 0) is 13.2 Å². The Morgan fingerprint density at radius 3 is 2.42 bits per heavy atom. The largest absolute Gasteiger partial charge is 0.419 e. The molecule has 0 spiro atoms. The molecule has 0 unspecified atom stereocenters. The Balaban J connectivity index is 1.63. The summed E-state index contributed by atoms with van der Waals surface area (Å²) in [5.74, 6) is -3.96. The highest BCUT2D eigenvalue weighted by molar-refractivity contribution is 5.98. The van der Waals surface area contributed by atoms with Gasteiger partial charge in [-0.25, -0.2) is 33.7 Å². The van der Waals surface area contributed by atoms with E-state index < -0.39 is 48.5 Å². The number of alkyl halides is 5. The quantitative estimate of drug-likeness (QED) is 0.524. The Kier molecular flexibility index (Phi) is 6.62. The number of carbonyl (C=O) groups is 1. The molecule has 0 aliphatic carbocycles. The monoisotopic (exact) mass is 510 g/mol. The van der Waals surface area contributed by atoms with Crippen LogP contribution < -0.4 is 5.32 Å². The number of imidazole rings is 1. The fourth-order valence-corrected chi connectivity index (χ4v) is 4.21. The summed E-state index contributed by atoms with van der Waals surface area (Å²) in [6.45, 7) is 2.34. The molecule has 36 heavy (non-hydrogen) atoms. The lowest BCUT2D eigenvalue weighted by Crippen LogP contribution is -2.57. The molecule has 1 amide bonds. The number of piperidine rings is 1. The molecule has 14 heteroatoms. The van der Waals surface area contributed by atoms with Gasteiger partial charge in [0, 0.05) is 44.8 Å². The topological polar surface area (TPSA) is 102 Å². The van der Waals surface area contributed by atoms with Crippen LogP contribution in [-0.4, -0.2) is 65.3 Å². The maximum Gasteiger partial charge on any atom is 0.419 e. The van der Waals surface area contributed by atoms with Gasteiger partial charge in [0.2, 0.25) is 5.95 Å². The van der Waals surface area contributed by atoms with E-state index in [-0.39, 0.29) is 29.7 Å². The minimum absolute atomic E-state index is 0.0582. The number of likely N-dealkylation sites (tertiary alicyclic amines) is 1. The molecule has 3 aromatic rings. The summed E-state index contributed by atoms with van der Waals surface area (Å²) in [5.41, 5.74) is -0.795. The molecule has 0 saturated carbocycles. The van der Waals surface area contributed by atoms with Crippen molar-refractivity contribution in [1.29, 1.82) is 0 Å². The third-order valence-corrected chi connectivity index (χ3v) is 6.09. The molecular formula is C22H23F5N8O. The van der Waals surface area contributed by atoms with E-state index in [9.17, 15) is 26.7 Å². The van der Waals surface area contributed by atoms with Gasteiger partial charge in [0.1, 0.15) is 11.5 Å². The van der Waals surface area contributed by atoms with Gasteiger partial charge in [-0.1, -0.05) is 6.92 Å². The van der Waals surface area contributed by atoms with Gasteiger partial charge >= 0.3 is 6.18 Å². The maximum atomic E-state index is 14.6. The summed E-state index contributed by atoms with van der Waals surface area (Å²) < 4.78 is 69.1. The number of aromatic nitrogens is 6. The number of nitrogens with one attached hydrogen (secondary N) is 1. The molecule has 1 N–H and O–H groups in total. The second kappa shape index (κ2) is 9.39. The second-order valence-corrected chi connectivity index (χ2v) is 8.70. The molecule has 192 valence electrons. The summed E-state index contributed by atoms with van der Waals surface area (Å²) in [7, 11) is 1.67. The first kappa shape index (κ1) is 25.4. The predicted molar refractivity (Wildman–Crippen MR) is 118 cm³/mol. The summed E-state index contributed by atoms with van der Waals surface area (Å²) in [6.07, 6.45) is -0.822. The van der Waals surface area contributed by atoms with Crippen LogP contribution >= 0.6 is 0 Å². The molecule has 0 aromatic carbocycles. The molecular weight excluding hydrogens is 487 g/mol. The average Bonchev–Trinajstić information content (AvgIpc) is 3.11. The Hall–Kier alpha value is -3.71. The van der Waals surface area contributed by atoms with Crippen LogP contribution in [0.1, 0.15) is 35.2 Å². The van der Waals surface area contributed by atoms with Crippen molar-refractivity contribution in [2.45, 2.75) is 38.4 Å². The van der Waals surface area contributed by atoms with Gasteiger partial charge in [0.25, 0.3) is 11.8 Å². The lowest BCUT2D eigenvalue weighted by molar-refractivity contribution is -0.138. The number of anilines is 1. The Morgan fingerprint density at radius 2 is 1.81 bits per heavy atom. The lowest BCUT2D eigenvalue weighted by atomic mass is 9.88. The highest BCUT2D eigenvalue weighted by Gasteiger charge is 2.47. The molecule has 4 heterocycles. The average molecular weight is 510 g/mol. The molecule has 1 saturated heterocycles. The molecule has 4 rings (SSSR count). The van der Waals surface area contributed by atoms with Gasteiger partial charge in [0.05, 0.1) is 18.2 Å². The number of nitrogens with zero attached hydrogens (tertiary/aromatic N) is 7. The van der Waals surface area contributed by atoms with Gasteiger partial charge in [0.15, 0.2) is 11.5 Å². The zero-order valence-corrected chi connectivity index (χ0v) is 19.6. The number of hydrogen-bond acceptors (Lipinski definition) is 7. The number of halogens is 5. The zero-order valence-electron chi connectivity index (χ0n) is 19.6. The van der Waals surface area contributed by atoms with E-state index in [1.54, 1.807) is 31.5 Å². The second-order valence-electron chi connectivity index (χ2n) is 8.70. The van der Waals surface area contributed by atoms with Crippen molar-refractivity contribution in [3.8, 4) is 11.5 Å². The SMILES string of the molecule is Cc1nc(C(=O)N2CC(F)(F)C[C@@H](C)[C@H]2CNc2ncc(C(F)(F)F)cn2)c(-c2ncccn2)n1C. The number of rotatable bonds is 5. The highest BCUT2D eigenvalue weighted by Crippen LogP contribution is 2.36. The molecule has 0 bridgehead atoms. The van der Waals surface area contributed by atoms with Crippen molar-refractivity contribution >= 4 is 11.9 Å². The molecule has 1 aliphatic heterocycles. The van der Waals surface area contributed by atoms with E-state index in [0.29, 0.717) is 18.2 Å². The lowest BCUT2D eigenvalue weighted by Gasteiger charge is -2.43. The Labute approximate surface area is 202 Å². The van der Waals surface area contributed by atoms with Crippen LogP contribution in [0.25, 0.3) is 11.5 Å². The molecule has 0 radical (unpaired) electrons. The van der Waals surface area contributed by atoms with E-state index in [4.69, 9.17) is 0 Å².